The number of alkyl halides is 2. The molecule has 0 bridgehead atoms. The quantitative estimate of drug-likeness (QED) is 0.795. The van der Waals surface area contributed by atoms with Crippen molar-refractivity contribution in [2.75, 3.05) is 12.9 Å². The lowest BCUT2D eigenvalue weighted by Crippen LogP contribution is -2.24. The molecule has 1 heterocycles. The van der Waals surface area contributed by atoms with Gasteiger partial charge in [0.2, 0.25) is 0 Å². The van der Waals surface area contributed by atoms with Gasteiger partial charge in [-0.15, -0.1) is 0 Å². The van der Waals surface area contributed by atoms with Gasteiger partial charge < -0.3 is 0 Å². The number of pyridine rings is 1. The summed E-state index contributed by atoms with van der Waals surface area (Å²) in [5, 5.41) is 0. The Labute approximate surface area is 106 Å². The maximum Gasteiger partial charge on any atom is 0.313 e. The highest BCUT2D eigenvalue weighted by atomic mass is 79.9. The van der Waals surface area contributed by atoms with Crippen LogP contribution in [0, 0.1) is 6.92 Å². The molecule has 4 nitrogen and oxygen atoms in total. The number of nitrogens with zero attached hydrogens (tertiary/aromatic N) is 1. The second-order valence-corrected chi connectivity index (χ2v) is 5.93. The predicted molar refractivity (Wildman–Crippen MR) is 61.4 cm³/mol. The standard InChI is InChI=1S/C9H10BrF2NO3S/c1-6-7(10)3-4-8(13-6)9(11,12)5-16-17(2,14)15/h3-4H,5H2,1-2H3. The molecule has 17 heavy (non-hydrogen) atoms. The Bertz CT molecular complexity index is 519. The van der Waals surface area contributed by atoms with Crippen LogP contribution in [-0.4, -0.2) is 26.3 Å². The lowest BCUT2D eigenvalue weighted by Gasteiger charge is -2.15. The van der Waals surface area contributed by atoms with Crippen LogP contribution in [0.2, 0.25) is 0 Å². The molecule has 0 aromatic carbocycles. The summed E-state index contributed by atoms with van der Waals surface area (Å²) in [6.45, 7) is 0.307. The van der Waals surface area contributed by atoms with Gasteiger partial charge in [0.25, 0.3) is 10.1 Å². The van der Waals surface area contributed by atoms with E-state index in [-0.39, 0.29) is 0 Å². The normalized spacial score (nSPS) is 12.8. The Balaban J connectivity index is 2.92. The van der Waals surface area contributed by atoms with Crippen LogP contribution in [0.15, 0.2) is 16.6 Å². The molecule has 0 saturated heterocycles. The minimum Gasteiger partial charge on any atom is -0.263 e. The van der Waals surface area contributed by atoms with E-state index in [1.54, 1.807) is 6.92 Å². The molecule has 1 aromatic heterocycles. The third kappa shape index (κ3) is 4.29. The van der Waals surface area contributed by atoms with Crippen molar-refractivity contribution in [3.63, 3.8) is 0 Å². The smallest absolute Gasteiger partial charge is 0.263 e. The number of halogens is 3. The molecule has 96 valence electrons. The molecule has 0 amide bonds. The molecule has 0 fully saturated rings. The van der Waals surface area contributed by atoms with Crippen LogP contribution in [0.5, 0.6) is 0 Å². The molecule has 0 aliphatic rings. The molecule has 0 unspecified atom stereocenters. The van der Waals surface area contributed by atoms with Gasteiger partial charge in [-0.3, -0.25) is 9.17 Å². The molecule has 0 N–H and O–H groups in total. The molecule has 0 radical (unpaired) electrons. The number of hydrogen-bond acceptors (Lipinski definition) is 4. The first-order valence-corrected chi connectivity index (χ1v) is 7.08. The molecular formula is C9H10BrF2NO3S. The van der Waals surface area contributed by atoms with Crippen LogP contribution >= 0.6 is 15.9 Å². The summed E-state index contributed by atoms with van der Waals surface area (Å²) >= 11 is 3.13. The summed E-state index contributed by atoms with van der Waals surface area (Å²) in [7, 11) is -3.90. The van der Waals surface area contributed by atoms with Gasteiger partial charge in [-0.1, -0.05) is 0 Å². The first kappa shape index (κ1) is 14.5. The third-order valence-electron chi connectivity index (χ3n) is 1.85. The molecule has 1 aromatic rings. The van der Waals surface area contributed by atoms with E-state index in [1.807, 2.05) is 0 Å². The van der Waals surface area contributed by atoms with Crippen molar-refractivity contribution in [3.8, 4) is 0 Å². The SMILES string of the molecule is Cc1nc(C(F)(F)COS(C)(=O)=O)ccc1Br. The van der Waals surface area contributed by atoms with Crippen LogP contribution in [0.1, 0.15) is 11.4 Å². The van der Waals surface area contributed by atoms with E-state index in [1.165, 1.54) is 6.07 Å². The van der Waals surface area contributed by atoms with Crippen LogP contribution in [0.3, 0.4) is 0 Å². The molecule has 8 heteroatoms. The lowest BCUT2D eigenvalue weighted by molar-refractivity contribution is -0.0486. The molecular weight excluding hydrogens is 320 g/mol. The molecule has 0 aliphatic carbocycles. The Hall–Kier alpha value is -0.600. The van der Waals surface area contributed by atoms with Gasteiger partial charge in [0.15, 0.2) is 0 Å². The number of hydrogen-bond donors (Lipinski definition) is 0. The molecule has 1 rings (SSSR count). The van der Waals surface area contributed by atoms with Crippen LogP contribution in [0.25, 0.3) is 0 Å². The van der Waals surface area contributed by atoms with Gasteiger partial charge in [0, 0.05) is 4.47 Å². The fraction of sp³-hybridized carbons (Fsp3) is 0.444. The average molecular weight is 330 g/mol. The number of aryl methyl sites for hydroxylation is 1. The van der Waals surface area contributed by atoms with E-state index >= 15 is 0 Å². The van der Waals surface area contributed by atoms with Gasteiger partial charge in [0.05, 0.1) is 11.9 Å². The van der Waals surface area contributed by atoms with Gasteiger partial charge in [-0.05, 0) is 35.0 Å². The van der Waals surface area contributed by atoms with Crippen molar-refractivity contribution < 1.29 is 21.4 Å². The monoisotopic (exact) mass is 329 g/mol. The summed E-state index contributed by atoms with van der Waals surface area (Å²) < 4.78 is 53.0. The Kier molecular flexibility index (Phi) is 4.21. The van der Waals surface area contributed by atoms with Crippen LogP contribution in [0.4, 0.5) is 8.78 Å². The van der Waals surface area contributed by atoms with E-state index < -0.39 is 28.3 Å². The second-order valence-electron chi connectivity index (χ2n) is 3.43. The summed E-state index contributed by atoms with van der Waals surface area (Å²) in [6, 6.07) is 2.54. The molecule has 0 aliphatic heterocycles. The summed E-state index contributed by atoms with van der Waals surface area (Å²) in [4.78, 5) is 3.67. The number of rotatable bonds is 4. The van der Waals surface area contributed by atoms with Gasteiger partial charge in [0.1, 0.15) is 12.3 Å². The maximum absolute atomic E-state index is 13.5. The van der Waals surface area contributed by atoms with Crippen molar-refractivity contribution in [2.45, 2.75) is 12.8 Å². The van der Waals surface area contributed by atoms with Gasteiger partial charge in [-0.2, -0.15) is 17.2 Å². The van der Waals surface area contributed by atoms with E-state index in [2.05, 4.69) is 25.1 Å². The molecule has 0 spiro atoms. The highest BCUT2D eigenvalue weighted by Gasteiger charge is 2.35. The topological polar surface area (TPSA) is 56.3 Å². The Morgan fingerprint density at radius 3 is 2.53 bits per heavy atom. The fourth-order valence-electron chi connectivity index (χ4n) is 1.00. The third-order valence-corrected chi connectivity index (χ3v) is 3.23. The van der Waals surface area contributed by atoms with Gasteiger partial charge >= 0.3 is 5.92 Å². The van der Waals surface area contributed by atoms with Crippen molar-refractivity contribution in [3.05, 3.63) is 28.0 Å². The Morgan fingerprint density at radius 1 is 1.47 bits per heavy atom. The highest BCUT2D eigenvalue weighted by Crippen LogP contribution is 2.28. The predicted octanol–water partition coefficient (Wildman–Crippen LogP) is 2.22. The first-order valence-electron chi connectivity index (χ1n) is 4.48. The van der Waals surface area contributed by atoms with Crippen LogP contribution in [-0.2, 0) is 20.2 Å². The molecule has 0 atom stereocenters. The minimum atomic E-state index is -3.90. The van der Waals surface area contributed by atoms with Crippen molar-refractivity contribution in [1.82, 2.24) is 4.98 Å². The van der Waals surface area contributed by atoms with Crippen molar-refractivity contribution >= 4 is 26.0 Å². The van der Waals surface area contributed by atoms with Crippen LogP contribution < -0.4 is 0 Å². The zero-order valence-corrected chi connectivity index (χ0v) is 11.5. The average Bonchev–Trinajstić information content (AvgIpc) is 2.18. The largest absolute Gasteiger partial charge is 0.313 e. The zero-order chi connectivity index (χ0) is 13.3. The minimum absolute atomic E-state index is 0.390. The molecule has 0 saturated carbocycles. The van der Waals surface area contributed by atoms with E-state index in [0.717, 1.165) is 6.07 Å². The summed E-state index contributed by atoms with van der Waals surface area (Å²) in [5.74, 6) is -3.45. The summed E-state index contributed by atoms with van der Waals surface area (Å²) in [6.07, 6.45) is 0.712. The second kappa shape index (κ2) is 4.95. The highest BCUT2D eigenvalue weighted by molar-refractivity contribution is 9.10. The Morgan fingerprint density at radius 2 is 2.06 bits per heavy atom. The first-order chi connectivity index (χ1) is 7.62. The summed E-state index contributed by atoms with van der Waals surface area (Å²) in [5.41, 5.74) is -0.136. The van der Waals surface area contributed by atoms with Crippen molar-refractivity contribution in [1.29, 1.82) is 0 Å². The van der Waals surface area contributed by atoms with E-state index in [9.17, 15) is 17.2 Å². The van der Waals surface area contributed by atoms with E-state index in [4.69, 9.17) is 0 Å². The van der Waals surface area contributed by atoms with Gasteiger partial charge in [-0.25, -0.2) is 0 Å². The van der Waals surface area contributed by atoms with Crippen molar-refractivity contribution in [2.24, 2.45) is 0 Å². The zero-order valence-electron chi connectivity index (χ0n) is 9.08. The maximum atomic E-state index is 13.5. The van der Waals surface area contributed by atoms with E-state index in [0.29, 0.717) is 16.4 Å². The lowest BCUT2D eigenvalue weighted by atomic mass is 10.2. The fourth-order valence-corrected chi connectivity index (χ4v) is 1.59. The number of aromatic nitrogens is 1.